The van der Waals surface area contributed by atoms with Crippen LogP contribution in [-0.2, 0) is 16.0 Å². The summed E-state index contributed by atoms with van der Waals surface area (Å²) >= 11 is 0. The number of rotatable bonds is 7. The molecule has 1 heterocycles. The summed E-state index contributed by atoms with van der Waals surface area (Å²) in [5, 5.41) is 5.81. The van der Waals surface area contributed by atoms with Gasteiger partial charge in [-0.25, -0.2) is 4.98 Å². The van der Waals surface area contributed by atoms with Crippen LogP contribution in [0.5, 0.6) is 0 Å². The molecule has 0 aromatic carbocycles. The number of aryl methyl sites for hydroxylation is 1. The number of nitrogens with two attached hydrogens (primary N) is 1. The maximum absolute atomic E-state index is 12.3. The smallest absolute Gasteiger partial charge is 0.271 e. The van der Waals surface area contributed by atoms with Gasteiger partial charge in [0.25, 0.3) is 5.91 Å². The Labute approximate surface area is 147 Å². The van der Waals surface area contributed by atoms with Crippen molar-refractivity contribution in [2.24, 2.45) is 17.1 Å². The van der Waals surface area contributed by atoms with Gasteiger partial charge >= 0.3 is 0 Å². The monoisotopic (exact) mass is 349 g/mol. The summed E-state index contributed by atoms with van der Waals surface area (Å²) in [6.07, 6.45) is 4.80. The van der Waals surface area contributed by atoms with E-state index >= 15 is 0 Å². The number of nitrogens with zero attached hydrogens (tertiary/aromatic N) is 1. The van der Waals surface area contributed by atoms with E-state index in [1.54, 1.807) is 0 Å². The first-order valence-corrected chi connectivity index (χ1v) is 8.67. The molecule has 1 aliphatic carbocycles. The van der Waals surface area contributed by atoms with Crippen LogP contribution in [0.1, 0.15) is 56.2 Å². The van der Waals surface area contributed by atoms with Gasteiger partial charge in [-0.15, -0.1) is 0 Å². The highest BCUT2D eigenvalue weighted by atomic mass is 16.2. The Balaban J connectivity index is 1.81. The molecule has 0 bridgehead atoms. The lowest BCUT2D eigenvalue weighted by molar-refractivity contribution is -0.139. The van der Waals surface area contributed by atoms with E-state index in [9.17, 15) is 14.4 Å². The molecule has 0 radical (unpaired) electrons. The molecule has 0 unspecified atom stereocenters. The molecule has 25 heavy (non-hydrogen) atoms. The molecule has 5 N–H and O–H groups in total. The molecule has 1 saturated carbocycles. The molecular formula is C17H27N5O3. The number of hydrogen-bond donors (Lipinski definition) is 4. The van der Waals surface area contributed by atoms with Crippen molar-refractivity contribution in [3.8, 4) is 0 Å². The van der Waals surface area contributed by atoms with Gasteiger partial charge < -0.3 is 21.4 Å². The first kappa shape index (κ1) is 19.0. The molecular weight excluding hydrogens is 322 g/mol. The van der Waals surface area contributed by atoms with Crippen LogP contribution in [0, 0.1) is 11.3 Å². The Hall–Kier alpha value is -2.38. The van der Waals surface area contributed by atoms with Crippen molar-refractivity contribution < 1.29 is 14.4 Å². The number of nitrogens with one attached hydrogen (secondary N) is 3. The number of H-pyrrole nitrogens is 1. The second kappa shape index (κ2) is 7.67. The number of aromatic amines is 1. The van der Waals surface area contributed by atoms with Gasteiger partial charge in [-0.1, -0.05) is 6.92 Å². The van der Waals surface area contributed by atoms with Crippen LogP contribution in [0.15, 0.2) is 6.33 Å². The Kier molecular flexibility index (Phi) is 5.81. The second-order valence-electron chi connectivity index (χ2n) is 7.13. The molecule has 2 rings (SSSR count). The minimum absolute atomic E-state index is 0.0694. The summed E-state index contributed by atoms with van der Waals surface area (Å²) in [6, 6.07) is 0.0694. The zero-order chi connectivity index (χ0) is 18.6. The molecule has 8 heteroatoms. The third kappa shape index (κ3) is 4.37. The fourth-order valence-corrected chi connectivity index (χ4v) is 3.00. The minimum Gasteiger partial charge on any atom is -0.369 e. The van der Waals surface area contributed by atoms with Gasteiger partial charge in [-0.05, 0) is 45.4 Å². The van der Waals surface area contributed by atoms with Crippen molar-refractivity contribution in [1.82, 2.24) is 20.6 Å². The number of primary amides is 1. The van der Waals surface area contributed by atoms with E-state index in [-0.39, 0.29) is 23.8 Å². The average molecular weight is 349 g/mol. The van der Waals surface area contributed by atoms with Crippen molar-refractivity contribution in [2.75, 3.05) is 6.54 Å². The lowest BCUT2D eigenvalue weighted by atomic mass is 9.91. The van der Waals surface area contributed by atoms with E-state index < -0.39 is 11.3 Å². The molecule has 0 aliphatic heterocycles. The quantitative estimate of drug-likeness (QED) is 0.534. The van der Waals surface area contributed by atoms with Gasteiger partial charge in [-0.2, -0.15) is 0 Å². The molecule has 1 aromatic heterocycles. The lowest BCUT2D eigenvalue weighted by Crippen LogP contribution is -2.46. The van der Waals surface area contributed by atoms with E-state index in [0.717, 1.165) is 31.4 Å². The predicted molar refractivity (Wildman–Crippen MR) is 92.5 cm³/mol. The van der Waals surface area contributed by atoms with E-state index in [0.29, 0.717) is 12.2 Å². The number of hydrogen-bond acceptors (Lipinski definition) is 4. The predicted octanol–water partition coefficient (Wildman–Crippen LogP) is 0.498. The van der Waals surface area contributed by atoms with Gasteiger partial charge in [0.05, 0.1) is 6.33 Å². The highest BCUT2D eigenvalue weighted by Crippen LogP contribution is 2.26. The zero-order valence-electron chi connectivity index (χ0n) is 15.0. The largest absolute Gasteiger partial charge is 0.369 e. The van der Waals surface area contributed by atoms with Crippen molar-refractivity contribution in [1.29, 1.82) is 0 Å². The lowest BCUT2D eigenvalue weighted by Gasteiger charge is -2.21. The first-order chi connectivity index (χ1) is 11.8. The van der Waals surface area contributed by atoms with E-state index in [1.807, 2.05) is 6.92 Å². The SMILES string of the molecule is CCc1[nH]cnc1C(=O)N[C@@H]1CC[C@H](CNC(=O)C(C)(C)C(N)=O)C1. The number of carbonyl (C=O) groups is 3. The van der Waals surface area contributed by atoms with E-state index in [1.165, 1.54) is 20.2 Å². The number of aromatic nitrogens is 2. The first-order valence-electron chi connectivity index (χ1n) is 8.67. The van der Waals surface area contributed by atoms with Crippen LogP contribution >= 0.6 is 0 Å². The van der Waals surface area contributed by atoms with Gasteiger partial charge in [0.2, 0.25) is 11.8 Å². The molecule has 1 fully saturated rings. The minimum atomic E-state index is -1.22. The molecule has 3 amide bonds. The standard InChI is InChI=1S/C17H27N5O3/c1-4-12-13(21-9-20-12)14(23)22-11-6-5-10(7-11)8-19-16(25)17(2,3)15(18)24/h9-11H,4-8H2,1-3H3,(H2,18,24)(H,19,25)(H,20,21)(H,22,23)/t10-,11+/m0/s1. The Morgan fingerprint density at radius 1 is 1.36 bits per heavy atom. The summed E-state index contributed by atoms with van der Waals surface area (Å²) in [4.78, 5) is 42.7. The Bertz CT molecular complexity index is 652. The summed E-state index contributed by atoms with van der Waals surface area (Å²) in [5.41, 5.74) is 5.30. The highest BCUT2D eigenvalue weighted by Gasteiger charge is 2.35. The summed E-state index contributed by atoms with van der Waals surface area (Å²) in [5.74, 6) is -0.908. The Morgan fingerprint density at radius 3 is 2.72 bits per heavy atom. The third-order valence-electron chi connectivity index (χ3n) is 4.90. The normalized spacial score (nSPS) is 20.3. The molecule has 8 nitrogen and oxygen atoms in total. The fourth-order valence-electron chi connectivity index (χ4n) is 3.00. The van der Waals surface area contributed by atoms with Crippen LogP contribution in [0.3, 0.4) is 0 Å². The Morgan fingerprint density at radius 2 is 2.08 bits per heavy atom. The fraction of sp³-hybridized carbons (Fsp3) is 0.647. The molecule has 2 atom stereocenters. The van der Waals surface area contributed by atoms with Crippen molar-refractivity contribution >= 4 is 17.7 Å². The second-order valence-corrected chi connectivity index (χ2v) is 7.13. The van der Waals surface area contributed by atoms with Crippen molar-refractivity contribution in [3.63, 3.8) is 0 Å². The van der Waals surface area contributed by atoms with Gasteiger partial charge in [0.1, 0.15) is 11.1 Å². The molecule has 0 spiro atoms. The molecule has 0 saturated heterocycles. The number of amides is 3. The topological polar surface area (TPSA) is 130 Å². The van der Waals surface area contributed by atoms with Gasteiger partial charge in [-0.3, -0.25) is 14.4 Å². The van der Waals surface area contributed by atoms with Crippen molar-refractivity contribution in [3.05, 3.63) is 17.7 Å². The maximum Gasteiger partial charge on any atom is 0.271 e. The van der Waals surface area contributed by atoms with E-state index in [2.05, 4.69) is 20.6 Å². The number of carbonyl (C=O) groups excluding carboxylic acids is 3. The van der Waals surface area contributed by atoms with Crippen LogP contribution in [0.25, 0.3) is 0 Å². The zero-order valence-corrected chi connectivity index (χ0v) is 15.0. The summed E-state index contributed by atoms with van der Waals surface area (Å²) in [6.45, 7) is 5.46. The average Bonchev–Trinajstić information content (AvgIpc) is 3.20. The van der Waals surface area contributed by atoms with Crippen LogP contribution in [-0.4, -0.2) is 40.3 Å². The van der Waals surface area contributed by atoms with Crippen LogP contribution < -0.4 is 16.4 Å². The third-order valence-corrected chi connectivity index (χ3v) is 4.90. The van der Waals surface area contributed by atoms with E-state index in [4.69, 9.17) is 5.73 Å². The van der Waals surface area contributed by atoms with Crippen LogP contribution in [0.4, 0.5) is 0 Å². The molecule has 1 aliphatic rings. The summed E-state index contributed by atoms with van der Waals surface area (Å²) < 4.78 is 0. The van der Waals surface area contributed by atoms with Crippen molar-refractivity contribution in [2.45, 2.75) is 52.5 Å². The highest BCUT2D eigenvalue weighted by molar-refractivity contribution is 6.03. The molecule has 138 valence electrons. The van der Waals surface area contributed by atoms with Gasteiger partial charge in [0, 0.05) is 18.3 Å². The molecule has 1 aromatic rings. The summed E-state index contributed by atoms with van der Waals surface area (Å²) in [7, 11) is 0. The number of imidazole rings is 1. The van der Waals surface area contributed by atoms with Crippen LogP contribution in [0.2, 0.25) is 0 Å². The van der Waals surface area contributed by atoms with Gasteiger partial charge in [0.15, 0.2) is 0 Å². The maximum atomic E-state index is 12.3.